The fourth-order valence-corrected chi connectivity index (χ4v) is 3.43. The van der Waals surface area contributed by atoms with Crippen molar-refractivity contribution in [2.24, 2.45) is 0 Å². The van der Waals surface area contributed by atoms with Crippen molar-refractivity contribution in [3.63, 3.8) is 0 Å². The quantitative estimate of drug-likeness (QED) is 0.376. The first-order chi connectivity index (χ1) is 14.3. The fourth-order valence-electron chi connectivity index (χ4n) is 3.43. The van der Waals surface area contributed by atoms with Crippen molar-refractivity contribution in [2.45, 2.75) is 13.8 Å². The highest BCUT2D eigenvalue weighted by Crippen LogP contribution is 2.28. The summed E-state index contributed by atoms with van der Waals surface area (Å²) in [7, 11) is 2.99. The molecule has 0 saturated carbocycles. The van der Waals surface area contributed by atoms with E-state index in [0.29, 0.717) is 27.9 Å². The van der Waals surface area contributed by atoms with E-state index in [1.54, 1.807) is 31.2 Å². The molecule has 0 spiro atoms. The molecule has 152 valence electrons. The third kappa shape index (κ3) is 3.14. The first-order valence-corrected chi connectivity index (χ1v) is 9.12. The van der Waals surface area contributed by atoms with Crippen LogP contribution in [0, 0.1) is 13.8 Å². The Kier molecular flexibility index (Phi) is 4.66. The minimum Gasteiger partial charge on any atom is -0.497 e. The van der Waals surface area contributed by atoms with Crippen LogP contribution in [0.25, 0.3) is 21.9 Å². The SMILES string of the molecule is COc1cc(C)c2cc(C(=O)c3cc4c(OC)cc(C)cc4oc3=O)c(=O)oc2c1. The fraction of sp³-hybridized carbons (Fsp3) is 0.174. The molecular weight excluding hydrogens is 388 g/mol. The van der Waals surface area contributed by atoms with E-state index in [4.69, 9.17) is 18.3 Å². The second-order valence-electron chi connectivity index (χ2n) is 6.96. The van der Waals surface area contributed by atoms with E-state index in [1.165, 1.54) is 26.4 Å². The van der Waals surface area contributed by atoms with E-state index < -0.39 is 17.0 Å². The van der Waals surface area contributed by atoms with Gasteiger partial charge in [0, 0.05) is 11.5 Å². The van der Waals surface area contributed by atoms with Gasteiger partial charge in [-0.3, -0.25) is 4.79 Å². The number of rotatable bonds is 4. The minimum absolute atomic E-state index is 0.256. The zero-order chi connectivity index (χ0) is 21.6. The zero-order valence-electron chi connectivity index (χ0n) is 16.8. The largest absolute Gasteiger partial charge is 0.497 e. The van der Waals surface area contributed by atoms with E-state index in [0.717, 1.165) is 11.1 Å². The molecule has 0 unspecified atom stereocenters. The maximum absolute atomic E-state index is 13.1. The van der Waals surface area contributed by atoms with Crippen molar-refractivity contribution in [3.05, 3.63) is 79.5 Å². The molecule has 0 radical (unpaired) electrons. The predicted molar refractivity (Wildman–Crippen MR) is 111 cm³/mol. The molecule has 0 saturated heterocycles. The molecule has 7 heteroatoms. The number of carbonyl (C=O) groups excluding carboxylic acids is 1. The van der Waals surface area contributed by atoms with Crippen LogP contribution in [-0.2, 0) is 0 Å². The van der Waals surface area contributed by atoms with Gasteiger partial charge in [0.15, 0.2) is 0 Å². The van der Waals surface area contributed by atoms with Crippen LogP contribution in [0.4, 0.5) is 0 Å². The Bertz CT molecular complexity index is 1440. The van der Waals surface area contributed by atoms with Crippen molar-refractivity contribution in [2.75, 3.05) is 14.2 Å². The first kappa shape index (κ1) is 19.4. The Morgan fingerprint density at radius 1 is 0.767 bits per heavy atom. The van der Waals surface area contributed by atoms with Crippen LogP contribution in [-0.4, -0.2) is 20.0 Å². The predicted octanol–water partition coefficient (Wildman–Crippen LogP) is 3.76. The molecule has 0 aliphatic rings. The lowest BCUT2D eigenvalue weighted by Crippen LogP contribution is -2.21. The minimum atomic E-state index is -0.851. The highest BCUT2D eigenvalue weighted by atomic mass is 16.5. The van der Waals surface area contributed by atoms with E-state index in [-0.39, 0.29) is 16.7 Å². The van der Waals surface area contributed by atoms with E-state index in [1.807, 2.05) is 6.92 Å². The van der Waals surface area contributed by atoms with Gasteiger partial charge in [0.2, 0.25) is 5.78 Å². The second-order valence-corrected chi connectivity index (χ2v) is 6.96. The lowest BCUT2D eigenvalue weighted by atomic mass is 10.0. The van der Waals surface area contributed by atoms with Gasteiger partial charge >= 0.3 is 11.3 Å². The average Bonchev–Trinajstić information content (AvgIpc) is 2.71. The molecule has 2 aromatic carbocycles. The van der Waals surface area contributed by atoms with Crippen LogP contribution in [0.3, 0.4) is 0 Å². The number of benzene rings is 2. The van der Waals surface area contributed by atoms with Gasteiger partial charge in [0.25, 0.3) is 0 Å². The van der Waals surface area contributed by atoms with Crippen molar-refractivity contribution in [1.29, 1.82) is 0 Å². The Hall–Kier alpha value is -3.87. The number of hydrogen-bond acceptors (Lipinski definition) is 7. The second kappa shape index (κ2) is 7.18. The Morgan fingerprint density at radius 3 is 1.97 bits per heavy atom. The van der Waals surface area contributed by atoms with Crippen molar-refractivity contribution >= 4 is 27.7 Å². The van der Waals surface area contributed by atoms with Gasteiger partial charge in [-0.05, 0) is 55.3 Å². The Balaban J connectivity index is 1.93. The van der Waals surface area contributed by atoms with Crippen LogP contribution in [0.5, 0.6) is 11.5 Å². The molecule has 0 atom stereocenters. The summed E-state index contributed by atoms with van der Waals surface area (Å²) in [4.78, 5) is 38.1. The van der Waals surface area contributed by atoms with Crippen molar-refractivity contribution in [3.8, 4) is 11.5 Å². The molecule has 0 amide bonds. The molecule has 0 N–H and O–H groups in total. The van der Waals surface area contributed by atoms with Crippen LogP contribution < -0.4 is 20.7 Å². The monoisotopic (exact) mass is 406 g/mol. The maximum Gasteiger partial charge on any atom is 0.347 e. The summed E-state index contributed by atoms with van der Waals surface area (Å²) >= 11 is 0. The van der Waals surface area contributed by atoms with Gasteiger partial charge in [-0.1, -0.05) is 0 Å². The number of ketones is 1. The van der Waals surface area contributed by atoms with E-state index in [2.05, 4.69) is 0 Å². The summed E-state index contributed by atoms with van der Waals surface area (Å²) in [6, 6.07) is 9.57. The molecule has 0 aliphatic carbocycles. The topological polar surface area (TPSA) is 96.0 Å². The molecule has 7 nitrogen and oxygen atoms in total. The molecule has 30 heavy (non-hydrogen) atoms. The van der Waals surface area contributed by atoms with Gasteiger partial charge in [0.05, 0.1) is 19.6 Å². The van der Waals surface area contributed by atoms with Crippen LogP contribution >= 0.6 is 0 Å². The summed E-state index contributed by atoms with van der Waals surface area (Å²) < 4.78 is 21.2. The molecule has 0 bridgehead atoms. The summed E-state index contributed by atoms with van der Waals surface area (Å²) in [5.41, 5.74) is -0.0527. The average molecular weight is 406 g/mol. The number of ether oxygens (including phenoxy) is 2. The summed E-state index contributed by atoms with van der Waals surface area (Å²) in [5.74, 6) is 0.204. The molecule has 2 aromatic heterocycles. The van der Waals surface area contributed by atoms with Gasteiger partial charge in [-0.25, -0.2) is 9.59 Å². The molecule has 4 rings (SSSR count). The number of carbonyl (C=O) groups is 1. The lowest BCUT2D eigenvalue weighted by molar-refractivity contribution is 0.103. The number of fused-ring (bicyclic) bond motifs is 2. The number of hydrogen-bond donors (Lipinski definition) is 0. The zero-order valence-corrected chi connectivity index (χ0v) is 16.8. The van der Waals surface area contributed by atoms with Crippen LogP contribution in [0.1, 0.15) is 27.0 Å². The third-order valence-corrected chi connectivity index (χ3v) is 4.94. The van der Waals surface area contributed by atoms with Gasteiger partial charge in [0.1, 0.15) is 33.8 Å². The first-order valence-electron chi connectivity index (χ1n) is 9.12. The standard InChI is InChI=1S/C23H18O7/c1-11-5-18(28-4)15-10-17(23(26)29-19(15)6-11)21(24)16-9-14-12(2)7-13(27-3)8-20(14)30-22(16)25/h5-10H,1-4H3. The van der Waals surface area contributed by atoms with E-state index >= 15 is 0 Å². The highest BCUT2D eigenvalue weighted by Gasteiger charge is 2.22. The summed E-state index contributed by atoms with van der Waals surface area (Å²) in [6.07, 6.45) is 0. The van der Waals surface area contributed by atoms with Crippen LogP contribution in [0.2, 0.25) is 0 Å². The number of methoxy groups -OCH3 is 2. The molecular formula is C23H18O7. The maximum atomic E-state index is 13.1. The third-order valence-electron chi connectivity index (χ3n) is 4.94. The molecule has 0 aliphatic heterocycles. The van der Waals surface area contributed by atoms with Crippen molar-refractivity contribution in [1.82, 2.24) is 0 Å². The van der Waals surface area contributed by atoms with Gasteiger partial charge in [-0.2, -0.15) is 0 Å². The normalized spacial score (nSPS) is 11.1. The molecule has 2 heterocycles. The van der Waals surface area contributed by atoms with E-state index in [9.17, 15) is 14.4 Å². The lowest BCUT2D eigenvalue weighted by Gasteiger charge is -2.08. The van der Waals surface area contributed by atoms with Gasteiger partial charge < -0.3 is 18.3 Å². The summed E-state index contributed by atoms with van der Waals surface area (Å²) in [6.45, 7) is 3.63. The van der Waals surface area contributed by atoms with Gasteiger partial charge in [-0.15, -0.1) is 0 Å². The Morgan fingerprint density at radius 2 is 1.37 bits per heavy atom. The number of aryl methyl sites for hydroxylation is 2. The Labute approximate surface area is 170 Å². The highest BCUT2D eigenvalue weighted by molar-refractivity contribution is 6.11. The smallest absolute Gasteiger partial charge is 0.347 e. The van der Waals surface area contributed by atoms with Crippen molar-refractivity contribution < 1.29 is 23.1 Å². The van der Waals surface area contributed by atoms with Crippen LogP contribution in [0.15, 0.2) is 54.8 Å². The molecule has 0 fully saturated rings. The molecule has 4 aromatic rings. The summed E-state index contributed by atoms with van der Waals surface area (Å²) in [5, 5.41) is 1.02.